The second kappa shape index (κ2) is 2.87. The third kappa shape index (κ3) is 1.22. The topological polar surface area (TPSA) is 20.3 Å². The van der Waals surface area contributed by atoms with Gasteiger partial charge in [0.25, 0.3) is 0 Å². The smallest absolute Gasteiger partial charge is 0.227 e. The van der Waals surface area contributed by atoms with E-state index in [1.807, 2.05) is 19.2 Å². The molecule has 0 aromatic heterocycles. The largest absolute Gasteiger partial charge is 0.315 e. The molecule has 68 valence electrons. The number of benzene rings is 1. The Labute approximate surface area is 78.2 Å². The minimum atomic E-state index is 0.220. The first-order valence-electron chi connectivity index (χ1n) is 4.55. The maximum atomic E-state index is 11.4. The SMILES string of the molecule is Cc1cccc2c1CCC(=O)N2C. The van der Waals surface area contributed by atoms with Gasteiger partial charge in [0.05, 0.1) is 0 Å². The number of rotatable bonds is 0. The van der Waals surface area contributed by atoms with E-state index in [0.29, 0.717) is 6.42 Å². The van der Waals surface area contributed by atoms with Crippen LogP contribution >= 0.6 is 0 Å². The van der Waals surface area contributed by atoms with Crippen LogP contribution < -0.4 is 4.90 Å². The number of amides is 1. The third-order valence-corrected chi connectivity index (χ3v) is 2.71. The van der Waals surface area contributed by atoms with Crippen LogP contribution in [0.2, 0.25) is 0 Å². The number of hydrogen-bond donors (Lipinski definition) is 0. The Hall–Kier alpha value is -1.31. The first-order chi connectivity index (χ1) is 6.20. The molecule has 1 aromatic rings. The van der Waals surface area contributed by atoms with Crippen LogP contribution in [0.15, 0.2) is 18.2 Å². The Morgan fingerprint density at radius 3 is 2.85 bits per heavy atom. The van der Waals surface area contributed by atoms with Crippen molar-refractivity contribution in [1.82, 2.24) is 0 Å². The summed E-state index contributed by atoms with van der Waals surface area (Å²) in [5.74, 6) is 0.220. The Morgan fingerprint density at radius 2 is 2.08 bits per heavy atom. The summed E-state index contributed by atoms with van der Waals surface area (Å²) in [5, 5.41) is 0. The summed E-state index contributed by atoms with van der Waals surface area (Å²) in [6.07, 6.45) is 1.54. The summed E-state index contributed by atoms with van der Waals surface area (Å²) >= 11 is 0. The van der Waals surface area contributed by atoms with Crippen LogP contribution in [-0.4, -0.2) is 13.0 Å². The van der Waals surface area contributed by atoms with Crippen molar-refractivity contribution in [3.05, 3.63) is 29.3 Å². The van der Waals surface area contributed by atoms with E-state index in [1.54, 1.807) is 4.90 Å². The number of fused-ring (bicyclic) bond motifs is 1. The molecule has 0 aliphatic carbocycles. The predicted octanol–water partition coefficient (Wildman–Crippen LogP) is 1.90. The molecule has 0 atom stereocenters. The lowest BCUT2D eigenvalue weighted by molar-refractivity contribution is -0.118. The van der Waals surface area contributed by atoms with Crippen LogP contribution in [0.25, 0.3) is 0 Å². The summed E-state index contributed by atoms with van der Waals surface area (Å²) in [6.45, 7) is 2.10. The predicted molar refractivity (Wildman–Crippen MR) is 52.9 cm³/mol. The van der Waals surface area contributed by atoms with E-state index < -0.39 is 0 Å². The first-order valence-corrected chi connectivity index (χ1v) is 4.55. The molecule has 2 nitrogen and oxygen atoms in total. The van der Waals surface area contributed by atoms with E-state index in [-0.39, 0.29) is 5.91 Å². The lowest BCUT2D eigenvalue weighted by Gasteiger charge is -2.26. The zero-order valence-electron chi connectivity index (χ0n) is 8.00. The van der Waals surface area contributed by atoms with Gasteiger partial charge in [-0.05, 0) is 30.5 Å². The third-order valence-electron chi connectivity index (χ3n) is 2.71. The molecule has 0 fully saturated rings. The van der Waals surface area contributed by atoms with Crippen molar-refractivity contribution in [2.45, 2.75) is 19.8 Å². The average molecular weight is 175 g/mol. The van der Waals surface area contributed by atoms with Crippen LogP contribution in [0.1, 0.15) is 17.5 Å². The number of anilines is 1. The fraction of sp³-hybridized carbons (Fsp3) is 0.364. The molecule has 0 spiro atoms. The van der Waals surface area contributed by atoms with Gasteiger partial charge in [0.1, 0.15) is 0 Å². The Kier molecular flexibility index (Phi) is 1.83. The van der Waals surface area contributed by atoms with Crippen molar-refractivity contribution in [3.8, 4) is 0 Å². The number of carbonyl (C=O) groups excluding carboxylic acids is 1. The van der Waals surface area contributed by atoms with E-state index in [9.17, 15) is 4.79 Å². The second-order valence-corrected chi connectivity index (χ2v) is 3.53. The summed E-state index contributed by atoms with van der Waals surface area (Å²) in [5.41, 5.74) is 3.69. The van der Waals surface area contributed by atoms with E-state index in [0.717, 1.165) is 12.1 Å². The molecule has 0 saturated carbocycles. The maximum absolute atomic E-state index is 11.4. The highest BCUT2D eigenvalue weighted by molar-refractivity contribution is 5.96. The summed E-state index contributed by atoms with van der Waals surface area (Å²) in [7, 11) is 1.85. The van der Waals surface area contributed by atoms with Crippen molar-refractivity contribution in [2.75, 3.05) is 11.9 Å². The molecule has 2 rings (SSSR count). The lowest BCUT2D eigenvalue weighted by atomic mass is 9.97. The fourth-order valence-corrected chi connectivity index (χ4v) is 1.86. The minimum Gasteiger partial charge on any atom is -0.315 e. The number of nitrogens with zero attached hydrogens (tertiary/aromatic N) is 1. The molecule has 1 heterocycles. The highest BCUT2D eigenvalue weighted by atomic mass is 16.2. The van der Waals surface area contributed by atoms with Gasteiger partial charge in [-0.25, -0.2) is 0 Å². The Bertz CT molecular complexity index is 357. The van der Waals surface area contributed by atoms with Crippen LogP contribution in [-0.2, 0) is 11.2 Å². The van der Waals surface area contributed by atoms with E-state index in [2.05, 4.69) is 13.0 Å². The van der Waals surface area contributed by atoms with Gasteiger partial charge >= 0.3 is 0 Å². The van der Waals surface area contributed by atoms with Crippen molar-refractivity contribution >= 4 is 11.6 Å². The first kappa shape index (κ1) is 8.30. The molecule has 0 saturated heterocycles. The molecule has 13 heavy (non-hydrogen) atoms. The highest BCUT2D eigenvalue weighted by Gasteiger charge is 2.21. The van der Waals surface area contributed by atoms with Crippen LogP contribution in [0.5, 0.6) is 0 Å². The Balaban J connectivity index is 2.55. The van der Waals surface area contributed by atoms with Gasteiger partial charge in [0.2, 0.25) is 5.91 Å². The molecule has 0 radical (unpaired) electrons. The average Bonchev–Trinajstić information content (AvgIpc) is 2.12. The summed E-state index contributed by atoms with van der Waals surface area (Å²) in [4.78, 5) is 13.1. The molecular formula is C11H13NO. The minimum absolute atomic E-state index is 0.220. The van der Waals surface area contributed by atoms with Gasteiger partial charge in [-0.15, -0.1) is 0 Å². The van der Waals surface area contributed by atoms with Crippen LogP contribution in [0.3, 0.4) is 0 Å². The number of aryl methyl sites for hydroxylation is 1. The monoisotopic (exact) mass is 175 g/mol. The van der Waals surface area contributed by atoms with Crippen molar-refractivity contribution in [1.29, 1.82) is 0 Å². The maximum Gasteiger partial charge on any atom is 0.227 e. The molecular weight excluding hydrogens is 162 g/mol. The molecule has 0 bridgehead atoms. The van der Waals surface area contributed by atoms with E-state index in [1.165, 1.54) is 11.1 Å². The van der Waals surface area contributed by atoms with Gasteiger partial charge in [0.15, 0.2) is 0 Å². The normalized spacial score (nSPS) is 15.8. The molecule has 1 amide bonds. The van der Waals surface area contributed by atoms with Crippen LogP contribution in [0, 0.1) is 6.92 Å². The zero-order valence-corrected chi connectivity index (χ0v) is 8.00. The summed E-state index contributed by atoms with van der Waals surface area (Å²) in [6, 6.07) is 6.12. The fourth-order valence-electron chi connectivity index (χ4n) is 1.86. The van der Waals surface area contributed by atoms with Gasteiger partial charge in [-0.1, -0.05) is 12.1 Å². The Morgan fingerprint density at radius 1 is 1.31 bits per heavy atom. The molecule has 1 aromatic carbocycles. The van der Waals surface area contributed by atoms with Crippen LogP contribution in [0.4, 0.5) is 5.69 Å². The van der Waals surface area contributed by atoms with Gasteiger partial charge < -0.3 is 4.90 Å². The van der Waals surface area contributed by atoms with Gasteiger partial charge in [-0.2, -0.15) is 0 Å². The quantitative estimate of drug-likeness (QED) is 0.589. The van der Waals surface area contributed by atoms with Gasteiger partial charge in [-0.3, -0.25) is 4.79 Å². The number of carbonyl (C=O) groups is 1. The standard InChI is InChI=1S/C11H13NO/c1-8-4-3-5-10-9(8)6-7-11(13)12(10)2/h3-5H,6-7H2,1-2H3. The van der Waals surface area contributed by atoms with Crippen molar-refractivity contribution in [3.63, 3.8) is 0 Å². The highest BCUT2D eigenvalue weighted by Crippen LogP contribution is 2.28. The molecule has 0 N–H and O–H groups in total. The molecule has 0 unspecified atom stereocenters. The zero-order chi connectivity index (χ0) is 9.42. The summed E-state index contributed by atoms with van der Waals surface area (Å²) < 4.78 is 0. The van der Waals surface area contributed by atoms with Crippen molar-refractivity contribution in [2.24, 2.45) is 0 Å². The van der Waals surface area contributed by atoms with Crippen molar-refractivity contribution < 1.29 is 4.79 Å². The second-order valence-electron chi connectivity index (χ2n) is 3.53. The molecule has 1 aliphatic rings. The van der Waals surface area contributed by atoms with E-state index >= 15 is 0 Å². The molecule has 1 aliphatic heterocycles. The lowest BCUT2D eigenvalue weighted by Crippen LogP contribution is -2.31. The number of hydrogen-bond acceptors (Lipinski definition) is 1. The van der Waals surface area contributed by atoms with E-state index in [4.69, 9.17) is 0 Å². The van der Waals surface area contributed by atoms with Gasteiger partial charge in [0, 0.05) is 19.2 Å². The molecule has 2 heteroatoms.